The van der Waals surface area contributed by atoms with Crippen molar-refractivity contribution in [2.75, 3.05) is 51.3 Å². The highest BCUT2D eigenvalue weighted by atomic mass is 16.5. The summed E-state index contributed by atoms with van der Waals surface area (Å²) < 4.78 is 4.87. The highest BCUT2D eigenvalue weighted by Gasteiger charge is 2.17. The van der Waals surface area contributed by atoms with Gasteiger partial charge < -0.3 is 19.9 Å². The first-order valence-corrected chi connectivity index (χ1v) is 7.53. The number of carbonyl (C=O) groups excluding carboxylic acids is 1. The molecule has 122 valence electrons. The Morgan fingerprint density at radius 1 is 1.43 bits per heavy atom. The highest BCUT2D eigenvalue weighted by molar-refractivity contribution is 5.97. The molecular formula is C16H21N5O2. The Morgan fingerprint density at radius 2 is 2.22 bits per heavy atom. The summed E-state index contributed by atoms with van der Waals surface area (Å²) in [6.07, 6.45) is 3.41. The summed E-state index contributed by atoms with van der Waals surface area (Å²) in [5, 5.41) is 11.8. The van der Waals surface area contributed by atoms with Crippen molar-refractivity contribution in [3.05, 3.63) is 36.2 Å². The molecule has 0 unspecified atom stereocenters. The molecule has 2 rings (SSSR count). The summed E-state index contributed by atoms with van der Waals surface area (Å²) in [5.41, 5.74) is 0.118. The molecule has 1 amide bonds. The van der Waals surface area contributed by atoms with Crippen LogP contribution in [0, 0.1) is 11.3 Å². The number of anilines is 1. The fraction of sp³-hybridized carbons (Fsp3) is 0.438. The molecule has 0 spiro atoms. The molecule has 7 heteroatoms. The maximum atomic E-state index is 11.9. The number of piperazine rings is 1. The predicted octanol–water partition coefficient (Wildman–Crippen LogP) is 0.374. The molecule has 1 aliphatic rings. The first-order valence-electron chi connectivity index (χ1n) is 7.53. The lowest BCUT2D eigenvalue weighted by Gasteiger charge is -2.34. The normalized spacial score (nSPS) is 15.2. The second-order valence-corrected chi connectivity index (χ2v) is 5.11. The van der Waals surface area contributed by atoms with Crippen LogP contribution in [-0.2, 0) is 9.53 Å². The topological polar surface area (TPSA) is 81.5 Å². The van der Waals surface area contributed by atoms with E-state index >= 15 is 0 Å². The number of aromatic nitrogens is 1. The van der Waals surface area contributed by atoms with Crippen LogP contribution in [0.25, 0.3) is 0 Å². The minimum atomic E-state index is -0.364. The van der Waals surface area contributed by atoms with E-state index in [-0.39, 0.29) is 11.5 Å². The standard InChI is InChI=1S/C16H21N5O2/c1-23-11-6-19-16(22)14(12-17)13-20-7-9-21(10-8-20)15-4-2-3-5-18-15/h2-5,13H,6-11H2,1H3,(H,19,22)/b14-13-. The molecule has 0 bridgehead atoms. The van der Waals surface area contributed by atoms with Gasteiger partial charge in [0.25, 0.3) is 5.91 Å². The summed E-state index contributed by atoms with van der Waals surface area (Å²) in [4.78, 5) is 20.4. The average molecular weight is 315 g/mol. The molecule has 7 nitrogen and oxygen atoms in total. The van der Waals surface area contributed by atoms with E-state index in [1.54, 1.807) is 19.5 Å². The van der Waals surface area contributed by atoms with Gasteiger partial charge >= 0.3 is 0 Å². The van der Waals surface area contributed by atoms with Crippen molar-refractivity contribution < 1.29 is 9.53 Å². The third-order valence-electron chi connectivity index (χ3n) is 3.56. The van der Waals surface area contributed by atoms with Gasteiger partial charge in [0.1, 0.15) is 17.5 Å². The number of nitriles is 1. The number of hydrogen-bond acceptors (Lipinski definition) is 6. The largest absolute Gasteiger partial charge is 0.383 e. The lowest BCUT2D eigenvalue weighted by Crippen LogP contribution is -2.44. The lowest BCUT2D eigenvalue weighted by atomic mass is 10.2. The third-order valence-corrected chi connectivity index (χ3v) is 3.56. The Bertz CT molecular complexity index is 574. The van der Waals surface area contributed by atoms with Crippen LogP contribution < -0.4 is 10.2 Å². The van der Waals surface area contributed by atoms with E-state index in [0.717, 1.165) is 32.0 Å². The van der Waals surface area contributed by atoms with Gasteiger partial charge in [-0.25, -0.2) is 4.98 Å². The summed E-state index contributed by atoms with van der Waals surface area (Å²) >= 11 is 0. The Balaban J connectivity index is 1.88. The van der Waals surface area contributed by atoms with Crippen LogP contribution in [0.1, 0.15) is 0 Å². The number of carbonyl (C=O) groups is 1. The van der Waals surface area contributed by atoms with Gasteiger partial charge in [0.15, 0.2) is 0 Å². The smallest absolute Gasteiger partial charge is 0.263 e. The number of ether oxygens (including phenoxy) is 1. The summed E-state index contributed by atoms with van der Waals surface area (Å²) in [6, 6.07) is 7.80. The van der Waals surface area contributed by atoms with E-state index in [1.807, 2.05) is 29.2 Å². The van der Waals surface area contributed by atoms with Crippen LogP contribution >= 0.6 is 0 Å². The van der Waals surface area contributed by atoms with Gasteiger partial charge in [-0.3, -0.25) is 4.79 Å². The molecule has 0 aliphatic carbocycles. The van der Waals surface area contributed by atoms with Crippen molar-refractivity contribution in [2.24, 2.45) is 0 Å². The molecule has 0 aromatic carbocycles. The molecule has 1 aliphatic heterocycles. The molecule has 0 radical (unpaired) electrons. The van der Waals surface area contributed by atoms with Gasteiger partial charge in [-0.2, -0.15) is 5.26 Å². The van der Waals surface area contributed by atoms with Crippen LogP contribution in [0.4, 0.5) is 5.82 Å². The number of amides is 1. The van der Waals surface area contributed by atoms with Crippen molar-refractivity contribution >= 4 is 11.7 Å². The zero-order valence-corrected chi connectivity index (χ0v) is 13.2. The van der Waals surface area contributed by atoms with Crippen molar-refractivity contribution in [3.8, 4) is 6.07 Å². The van der Waals surface area contributed by atoms with Crippen LogP contribution in [0.15, 0.2) is 36.2 Å². The number of nitrogens with zero attached hydrogens (tertiary/aromatic N) is 4. The lowest BCUT2D eigenvalue weighted by molar-refractivity contribution is -0.117. The Labute approximate surface area is 136 Å². The molecule has 0 saturated carbocycles. The molecular weight excluding hydrogens is 294 g/mol. The summed E-state index contributed by atoms with van der Waals surface area (Å²) in [6.45, 7) is 3.91. The van der Waals surface area contributed by atoms with Gasteiger partial charge in [-0.15, -0.1) is 0 Å². The predicted molar refractivity (Wildman–Crippen MR) is 86.6 cm³/mol. The minimum absolute atomic E-state index is 0.118. The maximum absolute atomic E-state index is 11.9. The molecule has 0 atom stereocenters. The van der Waals surface area contributed by atoms with E-state index < -0.39 is 0 Å². The fourth-order valence-corrected chi connectivity index (χ4v) is 2.30. The van der Waals surface area contributed by atoms with E-state index in [4.69, 9.17) is 10.00 Å². The van der Waals surface area contributed by atoms with E-state index in [0.29, 0.717) is 13.2 Å². The molecule has 1 aromatic rings. The molecule has 1 aromatic heterocycles. The van der Waals surface area contributed by atoms with Crippen molar-refractivity contribution in [2.45, 2.75) is 0 Å². The van der Waals surface area contributed by atoms with Crippen molar-refractivity contribution in [1.29, 1.82) is 5.26 Å². The van der Waals surface area contributed by atoms with Crippen LogP contribution in [0.2, 0.25) is 0 Å². The summed E-state index contributed by atoms with van der Waals surface area (Å²) in [5.74, 6) is 0.589. The second kappa shape index (κ2) is 8.76. The molecule has 1 N–H and O–H groups in total. The average Bonchev–Trinajstić information content (AvgIpc) is 2.61. The van der Waals surface area contributed by atoms with E-state index in [1.165, 1.54) is 0 Å². The van der Waals surface area contributed by atoms with E-state index in [9.17, 15) is 4.79 Å². The van der Waals surface area contributed by atoms with Gasteiger partial charge in [0.05, 0.1) is 6.61 Å². The van der Waals surface area contributed by atoms with Gasteiger partial charge in [-0.1, -0.05) is 6.07 Å². The zero-order chi connectivity index (χ0) is 16.5. The third kappa shape index (κ3) is 4.97. The summed E-state index contributed by atoms with van der Waals surface area (Å²) in [7, 11) is 1.56. The van der Waals surface area contributed by atoms with Crippen molar-refractivity contribution in [3.63, 3.8) is 0 Å². The highest BCUT2D eigenvalue weighted by Crippen LogP contribution is 2.13. The number of hydrogen-bond donors (Lipinski definition) is 1. The van der Waals surface area contributed by atoms with Crippen LogP contribution in [-0.4, -0.2) is 62.2 Å². The second-order valence-electron chi connectivity index (χ2n) is 5.11. The quantitative estimate of drug-likeness (QED) is 0.464. The minimum Gasteiger partial charge on any atom is -0.383 e. The Hall–Kier alpha value is -2.59. The SMILES string of the molecule is COCCNC(=O)/C(C#N)=C\N1CCN(c2ccccn2)CC1. The van der Waals surface area contributed by atoms with Crippen LogP contribution in [0.5, 0.6) is 0 Å². The molecule has 1 saturated heterocycles. The number of nitrogens with one attached hydrogen (secondary N) is 1. The number of methoxy groups -OCH3 is 1. The first-order chi connectivity index (χ1) is 11.2. The van der Waals surface area contributed by atoms with Gasteiger partial charge in [0.2, 0.25) is 0 Å². The van der Waals surface area contributed by atoms with E-state index in [2.05, 4.69) is 15.2 Å². The van der Waals surface area contributed by atoms with Crippen molar-refractivity contribution in [1.82, 2.24) is 15.2 Å². The monoisotopic (exact) mass is 315 g/mol. The first kappa shape index (κ1) is 16.8. The Morgan fingerprint density at radius 3 is 2.83 bits per heavy atom. The van der Waals surface area contributed by atoms with Gasteiger partial charge in [-0.05, 0) is 12.1 Å². The molecule has 1 fully saturated rings. The van der Waals surface area contributed by atoms with Gasteiger partial charge in [0, 0.05) is 52.2 Å². The Kier molecular flexibility index (Phi) is 6.39. The number of rotatable bonds is 6. The van der Waals surface area contributed by atoms with Crippen LogP contribution in [0.3, 0.4) is 0 Å². The number of pyridine rings is 1. The molecule has 23 heavy (non-hydrogen) atoms. The maximum Gasteiger partial charge on any atom is 0.263 e. The zero-order valence-electron chi connectivity index (χ0n) is 13.2. The fourth-order valence-electron chi connectivity index (χ4n) is 2.30. The molecule has 2 heterocycles.